The first-order chi connectivity index (χ1) is 21.0. The molecule has 250 valence electrons. The molecular weight excluding hydrogens is 594 g/mol. The maximum Gasteiger partial charge on any atom is 0.343 e. The topological polar surface area (TPSA) is 138 Å². The summed E-state index contributed by atoms with van der Waals surface area (Å²) >= 11 is 0. The van der Waals surface area contributed by atoms with Crippen LogP contribution in [0.1, 0.15) is 38.7 Å². The third kappa shape index (κ3) is 11.8. The van der Waals surface area contributed by atoms with Crippen LogP contribution in [-0.4, -0.2) is 93.9 Å². The van der Waals surface area contributed by atoms with E-state index in [4.69, 9.17) is 24.7 Å². The van der Waals surface area contributed by atoms with Crippen molar-refractivity contribution in [2.75, 3.05) is 34.1 Å². The summed E-state index contributed by atoms with van der Waals surface area (Å²) in [6, 6.07) is 5.37. The highest BCUT2D eigenvalue weighted by Gasteiger charge is 2.41. The van der Waals surface area contributed by atoms with Gasteiger partial charge in [0.25, 0.3) is 0 Å². The molecule has 0 aliphatic carbocycles. The van der Waals surface area contributed by atoms with Crippen LogP contribution in [0.25, 0.3) is 0 Å². The van der Waals surface area contributed by atoms with Crippen LogP contribution in [-0.2, 0) is 39.8 Å². The van der Waals surface area contributed by atoms with Crippen molar-refractivity contribution in [1.82, 2.24) is 9.80 Å². The first kappa shape index (κ1) is 37.7. The Morgan fingerprint density at radius 1 is 1.11 bits per heavy atom. The van der Waals surface area contributed by atoms with Gasteiger partial charge in [-0.05, 0) is 48.9 Å². The lowest BCUT2D eigenvalue weighted by molar-refractivity contribution is -0.154. The van der Waals surface area contributed by atoms with Gasteiger partial charge in [0.05, 0.1) is 18.7 Å². The molecule has 1 aromatic carbocycles. The highest BCUT2D eigenvalue weighted by atomic mass is 28.3. The minimum Gasteiger partial charge on any atom is -0.497 e. The molecule has 1 aliphatic heterocycles. The van der Waals surface area contributed by atoms with Gasteiger partial charge in [0.1, 0.15) is 23.6 Å². The van der Waals surface area contributed by atoms with Crippen LogP contribution in [0.15, 0.2) is 48.8 Å². The van der Waals surface area contributed by atoms with E-state index in [-0.39, 0.29) is 36.4 Å². The third-order valence-electron chi connectivity index (χ3n) is 7.62. The van der Waals surface area contributed by atoms with Crippen LogP contribution in [0.3, 0.4) is 0 Å². The smallest absolute Gasteiger partial charge is 0.343 e. The highest BCUT2D eigenvalue weighted by molar-refractivity contribution is 6.76. The van der Waals surface area contributed by atoms with Gasteiger partial charge in [-0.25, -0.2) is 9.59 Å². The monoisotopic (exact) mass is 645 g/mol. The summed E-state index contributed by atoms with van der Waals surface area (Å²) in [7, 11) is 1.75. The summed E-state index contributed by atoms with van der Waals surface area (Å²) in [5, 5.41) is 0. The zero-order valence-corrected chi connectivity index (χ0v) is 28.9. The summed E-state index contributed by atoms with van der Waals surface area (Å²) in [4.78, 5) is 55.9. The molecule has 45 heavy (non-hydrogen) atoms. The lowest BCUT2D eigenvalue weighted by atomic mass is 10.0. The highest BCUT2D eigenvalue weighted by Crippen LogP contribution is 2.24. The molecule has 12 heteroatoms. The molecule has 2 N–H and O–H groups in total. The van der Waals surface area contributed by atoms with E-state index in [0.29, 0.717) is 38.2 Å². The van der Waals surface area contributed by atoms with Crippen molar-refractivity contribution >= 4 is 31.8 Å². The van der Waals surface area contributed by atoms with Crippen molar-refractivity contribution in [1.29, 1.82) is 0 Å². The number of esters is 2. The van der Waals surface area contributed by atoms with Crippen LogP contribution in [0, 0.1) is 5.92 Å². The van der Waals surface area contributed by atoms with Gasteiger partial charge in [-0.15, -0.1) is 0 Å². The number of hydrogen-bond acceptors (Lipinski definition) is 9. The van der Waals surface area contributed by atoms with Gasteiger partial charge in [-0.1, -0.05) is 58.8 Å². The van der Waals surface area contributed by atoms with Crippen molar-refractivity contribution < 1.29 is 38.1 Å². The summed E-state index contributed by atoms with van der Waals surface area (Å²) in [6.45, 7) is 18.6. The summed E-state index contributed by atoms with van der Waals surface area (Å²) in [6.07, 6.45) is 1.67. The van der Waals surface area contributed by atoms with Crippen LogP contribution in [0.2, 0.25) is 25.7 Å². The van der Waals surface area contributed by atoms with E-state index in [0.717, 1.165) is 11.6 Å². The fraction of sp³-hybridized carbons (Fsp3) is 0.576. The number of amides is 2. The summed E-state index contributed by atoms with van der Waals surface area (Å²) in [5.41, 5.74) is 6.66. The molecule has 3 atom stereocenters. The van der Waals surface area contributed by atoms with E-state index in [2.05, 4.69) is 32.8 Å². The van der Waals surface area contributed by atoms with E-state index in [9.17, 15) is 19.2 Å². The SMILES string of the molecule is C=C(OC(=O)[C@H](Cc1ccc(OC)cc1)N(C)C(=O)[C@@H]1CCCN1C(=O)[C@@H](N)CC(C)C)C(=C)C(=O)OCOCC[Si](C)(C)C. The molecule has 1 fully saturated rings. The zero-order valence-electron chi connectivity index (χ0n) is 27.9. The first-order valence-electron chi connectivity index (χ1n) is 15.4. The van der Waals surface area contributed by atoms with Crippen molar-refractivity contribution in [3.8, 4) is 5.75 Å². The summed E-state index contributed by atoms with van der Waals surface area (Å²) < 4.78 is 21.2. The van der Waals surface area contributed by atoms with Crippen LogP contribution < -0.4 is 10.5 Å². The van der Waals surface area contributed by atoms with E-state index in [1.807, 2.05) is 13.8 Å². The molecule has 1 heterocycles. The van der Waals surface area contributed by atoms with E-state index >= 15 is 0 Å². The number of likely N-dealkylation sites (N-methyl/N-ethyl adjacent to an activating group) is 1. The Labute approximate surface area is 268 Å². The Bertz CT molecular complexity index is 1210. The van der Waals surface area contributed by atoms with E-state index < -0.39 is 44.0 Å². The van der Waals surface area contributed by atoms with Crippen LogP contribution in [0.4, 0.5) is 0 Å². The quantitative estimate of drug-likeness (QED) is 0.0509. The lowest BCUT2D eigenvalue weighted by Gasteiger charge is -2.33. The number of nitrogens with two attached hydrogens (primary N) is 1. The number of benzene rings is 1. The minimum atomic E-state index is -1.30. The molecule has 0 unspecified atom stereocenters. The maximum atomic E-state index is 13.8. The number of carbonyl (C=O) groups is 4. The number of carbonyl (C=O) groups excluding carboxylic acids is 4. The zero-order chi connectivity index (χ0) is 33.9. The number of nitrogens with zero attached hydrogens (tertiary/aromatic N) is 2. The molecule has 0 spiro atoms. The van der Waals surface area contributed by atoms with E-state index in [1.54, 1.807) is 31.4 Å². The van der Waals surface area contributed by atoms with Crippen molar-refractivity contribution in [3.63, 3.8) is 0 Å². The molecule has 2 rings (SSSR count). The van der Waals surface area contributed by atoms with Gasteiger partial charge in [0, 0.05) is 34.7 Å². The molecule has 1 saturated heterocycles. The largest absolute Gasteiger partial charge is 0.497 e. The Kier molecular flexibility index (Phi) is 14.5. The standard InChI is InChI=1S/C33H51N3O8Si/c1-22(2)19-27(34)30(37)36-16-10-11-28(36)31(38)35(5)29(20-25-12-14-26(41-6)15-13-25)33(40)44-24(4)23(3)32(39)43-21-42-17-18-45(7,8)9/h12-15,22,27-29H,3-4,10-11,16-21,34H2,1-2,5-9H3/t27-,28-,29-/m0/s1. The first-order valence-corrected chi connectivity index (χ1v) is 19.1. The molecule has 11 nitrogen and oxygen atoms in total. The lowest BCUT2D eigenvalue weighted by Crippen LogP contribution is -2.55. The number of ether oxygens (including phenoxy) is 4. The maximum absolute atomic E-state index is 13.8. The third-order valence-corrected chi connectivity index (χ3v) is 9.32. The number of methoxy groups -OCH3 is 1. The van der Waals surface area contributed by atoms with Gasteiger partial charge < -0.3 is 34.5 Å². The second-order valence-corrected chi connectivity index (χ2v) is 18.7. The van der Waals surface area contributed by atoms with Crippen LogP contribution in [0.5, 0.6) is 5.75 Å². The van der Waals surface area contributed by atoms with Crippen molar-refractivity contribution in [3.05, 3.63) is 54.3 Å². The molecule has 0 saturated carbocycles. The van der Waals surface area contributed by atoms with E-state index in [1.165, 1.54) is 16.8 Å². The normalized spacial score (nSPS) is 16.1. The Hall–Kier alpha value is -3.48. The Balaban J connectivity index is 2.17. The fourth-order valence-electron chi connectivity index (χ4n) is 4.85. The van der Waals surface area contributed by atoms with Crippen molar-refractivity contribution in [2.45, 2.75) is 83.3 Å². The average Bonchev–Trinajstić information content (AvgIpc) is 3.47. The van der Waals surface area contributed by atoms with Gasteiger partial charge in [0.2, 0.25) is 11.8 Å². The summed E-state index contributed by atoms with van der Waals surface area (Å²) in [5.74, 6) is -1.80. The average molecular weight is 646 g/mol. The van der Waals surface area contributed by atoms with Gasteiger partial charge in [0.15, 0.2) is 6.79 Å². The van der Waals surface area contributed by atoms with Gasteiger partial charge in [-0.2, -0.15) is 0 Å². The van der Waals surface area contributed by atoms with Crippen molar-refractivity contribution in [2.24, 2.45) is 11.7 Å². The number of rotatable bonds is 17. The molecule has 1 aliphatic rings. The second-order valence-electron chi connectivity index (χ2n) is 13.0. The molecule has 2 amide bonds. The van der Waals surface area contributed by atoms with Gasteiger partial charge >= 0.3 is 11.9 Å². The molecule has 0 bridgehead atoms. The predicted octanol–water partition coefficient (Wildman–Crippen LogP) is 3.90. The van der Waals surface area contributed by atoms with Gasteiger partial charge in [-0.3, -0.25) is 9.59 Å². The number of hydrogen-bond donors (Lipinski definition) is 1. The Morgan fingerprint density at radius 3 is 2.33 bits per heavy atom. The fourth-order valence-corrected chi connectivity index (χ4v) is 5.60. The molecular formula is C33H51N3O8Si. The molecule has 0 radical (unpaired) electrons. The molecule has 1 aromatic rings. The molecule has 0 aromatic heterocycles. The Morgan fingerprint density at radius 2 is 1.76 bits per heavy atom. The predicted molar refractivity (Wildman–Crippen MR) is 175 cm³/mol. The second kappa shape index (κ2) is 17.3. The minimum absolute atomic E-state index is 0.0910. The number of likely N-dealkylation sites (tertiary alicyclic amines) is 1. The van der Waals surface area contributed by atoms with Crippen LogP contribution >= 0.6 is 0 Å².